The van der Waals surface area contributed by atoms with E-state index in [4.69, 9.17) is 11.6 Å². The van der Waals surface area contributed by atoms with Crippen LogP contribution in [0.1, 0.15) is 18.4 Å². The van der Waals surface area contributed by atoms with Gasteiger partial charge in [-0.2, -0.15) is 0 Å². The van der Waals surface area contributed by atoms with E-state index in [0.29, 0.717) is 11.6 Å². The molecule has 1 aromatic heterocycles. The Morgan fingerprint density at radius 3 is 2.55 bits per heavy atom. The largest absolute Gasteiger partial charge is 0.335 e. The first-order chi connectivity index (χ1) is 9.52. The average Bonchev–Trinajstić information content (AvgIpc) is 3.00. The summed E-state index contributed by atoms with van der Waals surface area (Å²) < 4.78 is 26.7. The number of aromatic amines is 1. The Balaban J connectivity index is 1.74. The highest BCUT2D eigenvalue weighted by Gasteiger charge is 2.44. The minimum Gasteiger partial charge on any atom is -0.335 e. The number of aromatic nitrogens is 2. The summed E-state index contributed by atoms with van der Waals surface area (Å²) in [4.78, 5) is 6.33. The van der Waals surface area contributed by atoms with E-state index < -0.39 is 10.0 Å². The van der Waals surface area contributed by atoms with Crippen LogP contribution in [0.4, 0.5) is 0 Å². The molecule has 0 amide bonds. The average molecular weight is 312 g/mol. The van der Waals surface area contributed by atoms with Gasteiger partial charge >= 0.3 is 0 Å². The lowest BCUT2D eigenvalue weighted by Crippen LogP contribution is -2.32. The maximum Gasteiger partial charge on any atom is 0.257 e. The highest BCUT2D eigenvalue weighted by molar-refractivity contribution is 7.89. The van der Waals surface area contributed by atoms with Crippen molar-refractivity contribution >= 4 is 21.6 Å². The predicted octanol–water partition coefficient (Wildman–Crippen LogP) is 2.07. The fraction of sp³-hybridized carbons (Fsp3) is 0.308. The molecule has 0 atom stereocenters. The SMILES string of the molecule is O=S(=O)(NCC1(c2ccc(Cl)cc2)CC1)c1cnc[nH]1. The normalized spacial score (nSPS) is 17.1. The van der Waals surface area contributed by atoms with E-state index in [2.05, 4.69) is 14.7 Å². The van der Waals surface area contributed by atoms with Crippen LogP contribution in [-0.4, -0.2) is 24.9 Å². The molecule has 1 aliphatic carbocycles. The third-order valence-electron chi connectivity index (χ3n) is 3.67. The van der Waals surface area contributed by atoms with Gasteiger partial charge in [0, 0.05) is 17.0 Å². The number of nitrogens with one attached hydrogen (secondary N) is 2. The molecule has 0 spiro atoms. The van der Waals surface area contributed by atoms with Crippen LogP contribution < -0.4 is 4.72 Å². The number of benzene rings is 1. The molecule has 0 saturated heterocycles. The molecule has 0 unspecified atom stereocenters. The van der Waals surface area contributed by atoms with E-state index in [1.54, 1.807) is 0 Å². The van der Waals surface area contributed by atoms with Crippen molar-refractivity contribution in [3.05, 3.63) is 47.4 Å². The molecule has 1 aromatic carbocycles. The first-order valence-corrected chi connectivity index (χ1v) is 8.12. The lowest BCUT2D eigenvalue weighted by molar-refractivity contribution is 0.564. The highest BCUT2D eigenvalue weighted by atomic mass is 35.5. The predicted molar refractivity (Wildman–Crippen MR) is 76.1 cm³/mol. The maximum atomic E-state index is 12.0. The van der Waals surface area contributed by atoms with Crippen molar-refractivity contribution in [1.82, 2.24) is 14.7 Å². The fourth-order valence-corrected chi connectivity index (χ4v) is 3.38. The van der Waals surface area contributed by atoms with E-state index in [-0.39, 0.29) is 10.4 Å². The number of rotatable bonds is 5. The number of hydrogen-bond donors (Lipinski definition) is 2. The van der Waals surface area contributed by atoms with E-state index in [9.17, 15) is 8.42 Å². The van der Waals surface area contributed by atoms with Gasteiger partial charge in [0.2, 0.25) is 0 Å². The Bertz CT molecular complexity index is 692. The van der Waals surface area contributed by atoms with Crippen molar-refractivity contribution in [3.63, 3.8) is 0 Å². The van der Waals surface area contributed by atoms with E-state index in [1.165, 1.54) is 12.5 Å². The Morgan fingerprint density at radius 1 is 1.30 bits per heavy atom. The van der Waals surface area contributed by atoms with Crippen LogP contribution in [0.25, 0.3) is 0 Å². The number of H-pyrrole nitrogens is 1. The quantitative estimate of drug-likeness (QED) is 0.887. The minimum atomic E-state index is -3.52. The second-order valence-electron chi connectivity index (χ2n) is 5.03. The fourth-order valence-electron chi connectivity index (χ4n) is 2.22. The van der Waals surface area contributed by atoms with Gasteiger partial charge in [0.25, 0.3) is 10.0 Å². The van der Waals surface area contributed by atoms with Gasteiger partial charge < -0.3 is 4.98 Å². The summed E-state index contributed by atoms with van der Waals surface area (Å²) in [5, 5.41) is 0.770. The summed E-state index contributed by atoms with van der Waals surface area (Å²) in [6.07, 6.45) is 4.59. The van der Waals surface area contributed by atoms with Crippen molar-refractivity contribution in [2.24, 2.45) is 0 Å². The van der Waals surface area contributed by atoms with Gasteiger partial charge in [0.1, 0.15) is 0 Å². The van der Waals surface area contributed by atoms with Gasteiger partial charge in [0.05, 0.1) is 12.5 Å². The number of sulfonamides is 1. The molecule has 2 aromatic rings. The molecule has 1 saturated carbocycles. The molecule has 5 nitrogen and oxygen atoms in total. The van der Waals surface area contributed by atoms with Crippen molar-refractivity contribution in [2.45, 2.75) is 23.3 Å². The topological polar surface area (TPSA) is 74.8 Å². The summed E-state index contributed by atoms with van der Waals surface area (Å²) >= 11 is 5.88. The van der Waals surface area contributed by atoms with Crippen LogP contribution in [0.2, 0.25) is 5.02 Å². The molecule has 20 heavy (non-hydrogen) atoms. The molecular formula is C13H14ClN3O2S. The molecule has 1 fully saturated rings. The lowest BCUT2D eigenvalue weighted by atomic mass is 9.96. The first kappa shape index (κ1) is 13.6. The Morgan fingerprint density at radius 2 is 2.00 bits per heavy atom. The molecule has 0 bridgehead atoms. The molecule has 1 aliphatic rings. The zero-order valence-electron chi connectivity index (χ0n) is 10.6. The number of hydrogen-bond acceptors (Lipinski definition) is 3. The summed E-state index contributed by atoms with van der Waals surface area (Å²) in [5.74, 6) is 0. The molecule has 0 radical (unpaired) electrons. The van der Waals surface area contributed by atoms with Crippen molar-refractivity contribution in [2.75, 3.05) is 6.54 Å². The van der Waals surface area contributed by atoms with E-state index in [1.807, 2.05) is 24.3 Å². The van der Waals surface area contributed by atoms with Gasteiger partial charge in [-0.15, -0.1) is 0 Å². The van der Waals surface area contributed by atoms with Crippen LogP contribution in [0.3, 0.4) is 0 Å². The number of imidazole rings is 1. The van der Waals surface area contributed by atoms with Gasteiger partial charge in [-0.3, -0.25) is 0 Å². The third kappa shape index (κ3) is 2.59. The number of halogens is 1. The number of nitrogens with zero attached hydrogens (tertiary/aromatic N) is 1. The monoisotopic (exact) mass is 311 g/mol. The Hall–Kier alpha value is -1.37. The van der Waals surface area contributed by atoms with Gasteiger partial charge in [0.15, 0.2) is 5.03 Å². The molecular weight excluding hydrogens is 298 g/mol. The van der Waals surface area contributed by atoms with Crippen LogP contribution >= 0.6 is 11.6 Å². The second-order valence-corrected chi connectivity index (χ2v) is 7.20. The standard InChI is InChI=1S/C13H14ClN3O2S/c14-11-3-1-10(2-4-11)13(5-6-13)8-17-20(18,19)12-7-15-9-16-12/h1-4,7,9,17H,5-6,8H2,(H,15,16). The molecule has 3 rings (SSSR count). The summed E-state index contributed by atoms with van der Waals surface area (Å²) in [7, 11) is -3.52. The van der Waals surface area contributed by atoms with Crippen LogP contribution in [0.15, 0.2) is 41.8 Å². The van der Waals surface area contributed by atoms with Gasteiger partial charge in [-0.05, 0) is 30.5 Å². The van der Waals surface area contributed by atoms with E-state index >= 15 is 0 Å². The molecule has 1 heterocycles. The van der Waals surface area contributed by atoms with Crippen LogP contribution in [0.5, 0.6) is 0 Å². The van der Waals surface area contributed by atoms with Crippen molar-refractivity contribution < 1.29 is 8.42 Å². The molecule has 106 valence electrons. The Kier molecular flexibility index (Phi) is 3.32. The summed E-state index contributed by atoms with van der Waals surface area (Å²) in [6, 6.07) is 7.58. The van der Waals surface area contributed by atoms with Crippen LogP contribution in [0, 0.1) is 0 Å². The smallest absolute Gasteiger partial charge is 0.257 e. The molecule has 2 N–H and O–H groups in total. The van der Waals surface area contributed by atoms with Gasteiger partial charge in [-0.1, -0.05) is 23.7 Å². The maximum absolute atomic E-state index is 12.0. The van der Waals surface area contributed by atoms with Crippen LogP contribution in [-0.2, 0) is 15.4 Å². The highest BCUT2D eigenvalue weighted by Crippen LogP contribution is 2.47. The zero-order valence-corrected chi connectivity index (χ0v) is 12.2. The minimum absolute atomic E-state index is 0.0874. The van der Waals surface area contributed by atoms with Crippen molar-refractivity contribution in [3.8, 4) is 0 Å². The first-order valence-electron chi connectivity index (χ1n) is 6.26. The van der Waals surface area contributed by atoms with Gasteiger partial charge in [-0.25, -0.2) is 18.1 Å². The summed E-state index contributed by atoms with van der Waals surface area (Å²) in [6.45, 7) is 0.385. The van der Waals surface area contributed by atoms with E-state index in [0.717, 1.165) is 18.4 Å². The van der Waals surface area contributed by atoms with Crippen molar-refractivity contribution in [1.29, 1.82) is 0 Å². The molecule has 0 aliphatic heterocycles. The molecule has 7 heteroatoms. The Labute approximate surface area is 122 Å². The third-order valence-corrected chi connectivity index (χ3v) is 5.25. The summed E-state index contributed by atoms with van der Waals surface area (Å²) in [5.41, 5.74) is 1.02. The second kappa shape index (κ2) is 4.87. The zero-order chi connectivity index (χ0) is 14.2. The lowest BCUT2D eigenvalue weighted by Gasteiger charge is -2.16.